The number of aryl methyl sites for hydroxylation is 1. The van der Waals surface area contributed by atoms with Crippen LogP contribution in [0.3, 0.4) is 0 Å². The number of carbonyl (C=O) groups is 1. The van der Waals surface area contributed by atoms with E-state index in [-0.39, 0.29) is 5.91 Å². The van der Waals surface area contributed by atoms with Gasteiger partial charge in [0.05, 0.1) is 5.69 Å². The monoisotopic (exact) mass is 404 g/mol. The number of thiazole rings is 1. The smallest absolute Gasteiger partial charge is 0.273 e. The normalized spacial score (nSPS) is 11.0. The van der Waals surface area contributed by atoms with Gasteiger partial charge in [-0.15, -0.1) is 11.3 Å². The molecule has 2 aromatic heterocycles. The van der Waals surface area contributed by atoms with Gasteiger partial charge in [-0.25, -0.2) is 4.98 Å². The van der Waals surface area contributed by atoms with Gasteiger partial charge in [0.25, 0.3) is 5.91 Å². The highest BCUT2D eigenvalue weighted by Crippen LogP contribution is 2.26. The Morgan fingerprint density at radius 1 is 1.14 bits per heavy atom. The predicted octanol–water partition coefficient (Wildman–Crippen LogP) is 5.47. The number of carbonyl (C=O) groups excluding carboxylic acids is 1. The first-order valence-electron chi connectivity index (χ1n) is 9.79. The Morgan fingerprint density at radius 3 is 2.59 bits per heavy atom. The molecule has 0 aliphatic heterocycles. The predicted molar refractivity (Wildman–Crippen MR) is 121 cm³/mol. The van der Waals surface area contributed by atoms with Gasteiger partial charge in [0, 0.05) is 41.6 Å². The molecule has 0 spiro atoms. The van der Waals surface area contributed by atoms with Crippen LogP contribution in [0.25, 0.3) is 16.2 Å². The minimum Gasteiger partial charge on any atom is -0.372 e. The van der Waals surface area contributed by atoms with Crippen molar-refractivity contribution < 1.29 is 4.79 Å². The molecule has 0 fully saturated rings. The lowest BCUT2D eigenvalue weighted by molar-refractivity contribution is 0.102. The van der Waals surface area contributed by atoms with E-state index in [4.69, 9.17) is 0 Å². The molecule has 0 bridgehead atoms. The van der Waals surface area contributed by atoms with Crippen molar-refractivity contribution in [2.24, 2.45) is 0 Å². The molecule has 148 valence electrons. The van der Waals surface area contributed by atoms with E-state index >= 15 is 0 Å². The Hall–Kier alpha value is -3.12. The van der Waals surface area contributed by atoms with Gasteiger partial charge in [-0.3, -0.25) is 9.20 Å². The molecule has 0 atom stereocenters. The molecule has 0 saturated carbocycles. The zero-order chi connectivity index (χ0) is 20.4. The molecule has 0 aliphatic rings. The van der Waals surface area contributed by atoms with Crippen LogP contribution >= 0.6 is 11.3 Å². The average Bonchev–Trinajstić information content (AvgIpc) is 3.32. The van der Waals surface area contributed by atoms with Gasteiger partial charge < -0.3 is 10.2 Å². The summed E-state index contributed by atoms with van der Waals surface area (Å²) in [5, 5.41) is 4.91. The van der Waals surface area contributed by atoms with E-state index in [1.165, 1.54) is 17.0 Å². The molecule has 0 aliphatic carbocycles. The van der Waals surface area contributed by atoms with Crippen LogP contribution in [0, 0.1) is 6.92 Å². The third-order valence-corrected chi connectivity index (χ3v) is 5.94. The SMILES string of the molecule is CCN(CC)c1ccc(NC(=O)c2csc3nc(-c4ccccc4)cn23)c(C)c1. The summed E-state index contributed by atoms with van der Waals surface area (Å²) in [5.74, 6) is -0.132. The summed E-state index contributed by atoms with van der Waals surface area (Å²) in [4.78, 5) is 20.7. The van der Waals surface area contributed by atoms with E-state index in [0.29, 0.717) is 5.69 Å². The highest BCUT2D eigenvalue weighted by molar-refractivity contribution is 7.15. The molecular formula is C23H24N4OS. The van der Waals surface area contributed by atoms with Gasteiger partial charge in [0.1, 0.15) is 5.69 Å². The van der Waals surface area contributed by atoms with Gasteiger partial charge >= 0.3 is 0 Å². The van der Waals surface area contributed by atoms with E-state index in [1.54, 1.807) is 0 Å². The average molecular weight is 405 g/mol. The molecule has 29 heavy (non-hydrogen) atoms. The van der Waals surface area contributed by atoms with Gasteiger partial charge in [0.2, 0.25) is 0 Å². The Bertz CT molecular complexity index is 1140. The lowest BCUT2D eigenvalue weighted by atomic mass is 10.1. The molecular weight excluding hydrogens is 380 g/mol. The van der Waals surface area contributed by atoms with E-state index in [1.807, 2.05) is 59.3 Å². The maximum atomic E-state index is 13.0. The summed E-state index contributed by atoms with van der Waals surface area (Å²) in [7, 11) is 0. The first kappa shape index (κ1) is 19.2. The summed E-state index contributed by atoms with van der Waals surface area (Å²) < 4.78 is 1.86. The van der Waals surface area contributed by atoms with E-state index in [0.717, 1.165) is 40.6 Å². The first-order valence-corrected chi connectivity index (χ1v) is 10.7. The fourth-order valence-electron chi connectivity index (χ4n) is 3.46. The minimum absolute atomic E-state index is 0.132. The third kappa shape index (κ3) is 3.76. The van der Waals surface area contributed by atoms with Crippen LogP contribution in [0.15, 0.2) is 60.1 Å². The molecule has 4 rings (SSSR count). The van der Waals surface area contributed by atoms with Crippen LogP contribution < -0.4 is 10.2 Å². The van der Waals surface area contributed by atoms with Crippen LogP contribution in [0.2, 0.25) is 0 Å². The topological polar surface area (TPSA) is 49.6 Å². The molecule has 4 aromatic rings. The van der Waals surface area contributed by atoms with Gasteiger partial charge in [-0.1, -0.05) is 30.3 Å². The zero-order valence-corrected chi connectivity index (χ0v) is 17.7. The van der Waals surface area contributed by atoms with Crippen LogP contribution in [0.5, 0.6) is 0 Å². The maximum Gasteiger partial charge on any atom is 0.273 e. The number of amides is 1. The van der Waals surface area contributed by atoms with Crippen molar-refractivity contribution in [3.8, 4) is 11.3 Å². The number of nitrogens with zero attached hydrogens (tertiary/aromatic N) is 3. The molecule has 6 heteroatoms. The second kappa shape index (κ2) is 8.09. The summed E-state index contributed by atoms with van der Waals surface area (Å²) >= 11 is 1.47. The fourth-order valence-corrected chi connectivity index (χ4v) is 4.31. The summed E-state index contributed by atoms with van der Waals surface area (Å²) in [6.45, 7) is 8.23. The number of fused-ring (bicyclic) bond motifs is 1. The van der Waals surface area contributed by atoms with Gasteiger partial charge in [0.15, 0.2) is 4.96 Å². The molecule has 0 radical (unpaired) electrons. The van der Waals surface area contributed by atoms with Crippen molar-refractivity contribution in [1.29, 1.82) is 0 Å². The Labute approximate surface area is 174 Å². The number of hydrogen-bond acceptors (Lipinski definition) is 4. The van der Waals surface area contributed by atoms with Crippen molar-refractivity contribution in [1.82, 2.24) is 9.38 Å². The van der Waals surface area contributed by atoms with Crippen molar-refractivity contribution in [2.45, 2.75) is 20.8 Å². The quantitative estimate of drug-likeness (QED) is 0.464. The summed E-state index contributed by atoms with van der Waals surface area (Å²) in [5.41, 5.74) is 5.54. The van der Waals surface area contributed by atoms with Crippen molar-refractivity contribution >= 4 is 33.6 Å². The Kier molecular flexibility index (Phi) is 5.36. The summed E-state index contributed by atoms with van der Waals surface area (Å²) in [6, 6.07) is 16.2. The van der Waals surface area contributed by atoms with E-state index in [2.05, 4.69) is 41.2 Å². The van der Waals surface area contributed by atoms with Gasteiger partial charge in [-0.2, -0.15) is 0 Å². The standard InChI is InChI=1S/C23H24N4OS/c1-4-26(5-2)18-11-12-19(16(3)13-18)24-22(28)21-15-29-23-25-20(14-27(21)23)17-9-7-6-8-10-17/h6-15H,4-5H2,1-3H3,(H,24,28). The van der Waals surface area contributed by atoms with Crippen LogP contribution in [-0.2, 0) is 0 Å². The van der Waals surface area contributed by atoms with Crippen molar-refractivity contribution in [3.05, 3.63) is 71.4 Å². The number of rotatable bonds is 6. The Balaban J connectivity index is 1.59. The maximum absolute atomic E-state index is 13.0. The first-order chi connectivity index (χ1) is 14.1. The molecule has 0 unspecified atom stereocenters. The number of benzene rings is 2. The fraction of sp³-hybridized carbons (Fsp3) is 0.217. The third-order valence-electron chi connectivity index (χ3n) is 5.10. The molecule has 0 saturated heterocycles. The van der Waals surface area contributed by atoms with Crippen molar-refractivity contribution in [2.75, 3.05) is 23.3 Å². The molecule has 5 nitrogen and oxygen atoms in total. The number of anilines is 2. The Morgan fingerprint density at radius 2 is 1.90 bits per heavy atom. The highest BCUT2D eigenvalue weighted by atomic mass is 32.1. The summed E-state index contributed by atoms with van der Waals surface area (Å²) in [6.07, 6.45) is 1.92. The number of aromatic nitrogens is 2. The van der Waals surface area contributed by atoms with Crippen LogP contribution in [0.1, 0.15) is 29.9 Å². The van der Waals surface area contributed by atoms with Crippen molar-refractivity contribution in [3.63, 3.8) is 0 Å². The lowest BCUT2D eigenvalue weighted by Crippen LogP contribution is -2.22. The van der Waals surface area contributed by atoms with Crippen LogP contribution in [0.4, 0.5) is 11.4 Å². The molecule has 1 amide bonds. The number of nitrogens with one attached hydrogen (secondary N) is 1. The molecule has 2 heterocycles. The number of hydrogen-bond donors (Lipinski definition) is 1. The largest absolute Gasteiger partial charge is 0.372 e. The lowest BCUT2D eigenvalue weighted by Gasteiger charge is -2.22. The van der Waals surface area contributed by atoms with Gasteiger partial charge in [-0.05, 0) is 44.5 Å². The van der Waals surface area contributed by atoms with E-state index < -0.39 is 0 Å². The van der Waals surface area contributed by atoms with E-state index in [9.17, 15) is 4.79 Å². The second-order valence-corrected chi connectivity index (χ2v) is 7.73. The number of imidazole rings is 1. The van der Waals surface area contributed by atoms with Crippen LogP contribution in [-0.4, -0.2) is 28.4 Å². The molecule has 2 aromatic carbocycles. The zero-order valence-electron chi connectivity index (χ0n) is 16.8. The highest BCUT2D eigenvalue weighted by Gasteiger charge is 2.16. The minimum atomic E-state index is -0.132. The second-order valence-electron chi connectivity index (χ2n) is 6.89. The molecule has 1 N–H and O–H groups in total.